The topological polar surface area (TPSA) is 75.6 Å². The maximum absolute atomic E-state index is 12.0. The zero-order chi connectivity index (χ0) is 12.1. The van der Waals surface area contributed by atoms with Crippen LogP contribution in [0.25, 0.3) is 0 Å². The van der Waals surface area contributed by atoms with Crippen LogP contribution in [0.1, 0.15) is 27.2 Å². The molecule has 16 heavy (non-hydrogen) atoms. The lowest BCUT2D eigenvalue weighted by atomic mass is 9.96. The summed E-state index contributed by atoms with van der Waals surface area (Å²) in [5, 5.41) is 11.9. The van der Waals surface area contributed by atoms with E-state index in [2.05, 4.69) is 5.32 Å². The minimum absolute atomic E-state index is 0.128. The van der Waals surface area contributed by atoms with Gasteiger partial charge in [0.25, 0.3) is 0 Å². The van der Waals surface area contributed by atoms with Gasteiger partial charge in [-0.2, -0.15) is 0 Å². The lowest BCUT2D eigenvalue weighted by Crippen LogP contribution is -2.45. The summed E-state index contributed by atoms with van der Waals surface area (Å²) >= 11 is 0. The fourth-order valence-electron chi connectivity index (χ4n) is 2.45. The molecule has 2 fully saturated rings. The summed E-state index contributed by atoms with van der Waals surface area (Å²) in [7, 11) is 0. The van der Waals surface area contributed by atoms with Crippen LogP contribution < -0.4 is 5.32 Å². The molecule has 90 valence electrons. The largest absolute Gasteiger partial charge is 0.480 e. The predicted octanol–water partition coefficient (Wildman–Crippen LogP) is 0.391. The number of esters is 1. The molecule has 0 amide bonds. The van der Waals surface area contributed by atoms with Gasteiger partial charge in [0.2, 0.25) is 0 Å². The fraction of sp³-hybridized carbons (Fsp3) is 0.818. The Morgan fingerprint density at radius 3 is 2.50 bits per heavy atom. The molecule has 5 nitrogen and oxygen atoms in total. The van der Waals surface area contributed by atoms with Gasteiger partial charge in [0.05, 0.1) is 5.41 Å². The van der Waals surface area contributed by atoms with Gasteiger partial charge in [0.1, 0.15) is 11.6 Å². The van der Waals surface area contributed by atoms with E-state index in [1.54, 1.807) is 20.8 Å². The lowest BCUT2D eigenvalue weighted by Gasteiger charge is -2.25. The van der Waals surface area contributed by atoms with E-state index in [4.69, 9.17) is 9.84 Å². The number of carbonyl (C=O) groups is 2. The van der Waals surface area contributed by atoms with Crippen LogP contribution in [0, 0.1) is 11.3 Å². The number of carbonyl (C=O) groups excluding carboxylic acids is 1. The first-order chi connectivity index (χ1) is 7.27. The van der Waals surface area contributed by atoms with Crippen molar-refractivity contribution >= 4 is 11.9 Å². The Bertz CT molecular complexity index is 346. The molecular weight excluding hydrogens is 210 g/mol. The Kier molecular flexibility index (Phi) is 2.28. The zero-order valence-corrected chi connectivity index (χ0v) is 9.74. The van der Waals surface area contributed by atoms with Crippen molar-refractivity contribution in [2.75, 3.05) is 6.54 Å². The molecule has 2 rings (SSSR count). The van der Waals surface area contributed by atoms with Crippen LogP contribution >= 0.6 is 0 Å². The second-order valence-corrected chi connectivity index (χ2v) is 5.62. The fourth-order valence-corrected chi connectivity index (χ4v) is 2.45. The molecule has 2 N–H and O–H groups in total. The average Bonchev–Trinajstić information content (AvgIpc) is 2.70. The maximum Gasteiger partial charge on any atom is 0.321 e. The number of piperidine rings is 1. The van der Waals surface area contributed by atoms with Gasteiger partial charge < -0.3 is 15.2 Å². The summed E-state index contributed by atoms with van der Waals surface area (Å²) in [6, 6.07) is -0.785. The summed E-state index contributed by atoms with van der Waals surface area (Å²) in [5.41, 5.74) is -1.37. The van der Waals surface area contributed by atoms with E-state index < -0.39 is 23.0 Å². The van der Waals surface area contributed by atoms with Crippen LogP contribution in [0.5, 0.6) is 0 Å². The molecule has 2 aliphatic rings. The number of nitrogens with one attached hydrogen (secondary N) is 1. The molecule has 0 aromatic carbocycles. The number of ether oxygens (including phenoxy) is 1. The summed E-state index contributed by atoms with van der Waals surface area (Å²) < 4.78 is 5.30. The summed E-state index contributed by atoms with van der Waals surface area (Å²) in [6.07, 6.45) is 0.631. The molecular formula is C11H17NO4. The van der Waals surface area contributed by atoms with E-state index >= 15 is 0 Å². The molecule has 1 saturated carbocycles. The van der Waals surface area contributed by atoms with Gasteiger partial charge in [0, 0.05) is 6.54 Å². The highest BCUT2D eigenvalue weighted by Crippen LogP contribution is 2.59. The van der Waals surface area contributed by atoms with E-state index in [1.807, 2.05) is 0 Å². The van der Waals surface area contributed by atoms with Gasteiger partial charge in [-0.1, -0.05) is 0 Å². The van der Waals surface area contributed by atoms with E-state index in [0.29, 0.717) is 13.0 Å². The first kappa shape index (κ1) is 11.4. The van der Waals surface area contributed by atoms with Crippen molar-refractivity contribution in [3.05, 3.63) is 0 Å². The van der Waals surface area contributed by atoms with Gasteiger partial charge in [0.15, 0.2) is 0 Å². The number of fused-ring (bicyclic) bond motifs is 1. The van der Waals surface area contributed by atoms with Crippen molar-refractivity contribution in [2.24, 2.45) is 11.3 Å². The first-order valence-electron chi connectivity index (χ1n) is 5.47. The van der Waals surface area contributed by atoms with Gasteiger partial charge >= 0.3 is 11.9 Å². The summed E-state index contributed by atoms with van der Waals surface area (Å²) in [4.78, 5) is 23.1. The molecule has 1 heterocycles. The highest BCUT2D eigenvalue weighted by atomic mass is 16.6. The third-order valence-electron chi connectivity index (χ3n) is 3.26. The number of carboxylic acid groups (broad SMARTS) is 1. The Balaban J connectivity index is 2.14. The van der Waals surface area contributed by atoms with Crippen LogP contribution in [-0.2, 0) is 14.3 Å². The van der Waals surface area contributed by atoms with Crippen molar-refractivity contribution in [1.82, 2.24) is 5.32 Å². The smallest absolute Gasteiger partial charge is 0.321 e. The molecule has 1 aliphatic heterocycles. The van der Waals surface area contributed by atoms with Gasteiger partial charge in [-0.3, -0.25) is 9.59 Å². The molecule has 3 atom stereocenters. The second-order valence-electron chi connectivity index (χ2n) is 5.62. The predicted molar refractivity (Wildman–Crippen MR) is 55.8 cm³/mol. The van der Waals surface area contributed by atoms with Gasteiger partial charge in [-0.25, -0.2) is 0 Å². The SMILES string of the molecule is CC(C)(C)OC(=O)[C@]12C[C@H]1CN[C@@H]2C(=O)O. The molecule has 0 aromatic rings. The second kappa shape index (κ2) is 3.20. The monoisotopic (exact) mass is 227 g/mol. The Hall–Kier alpha value is -1.10. The summed E-state index contributed by atoms with van der Waals surface area (Å²) in [5.74, 6) is -1.21. The van der Waals surface area contributed by atoms with Crippen molar-refractivity contribution < 1.29 is 19.4 Å². The molecule has 0 bridgehead atoms. The van der Waals surface area contributed by atoms with Gasteiger partial charge in [-0.15, -0.1) is 0 Å². The summed E-state index contributed by atoms with van der Waals surface area (Å²) in [6.45, 7) is 5.96. The third kappa shape index (κ3) is 1.59. The lowest BCUT2D eigenvalue weighted by molar-refractivity contribution is -0.166. The van der Waals surface area contributed by atoms with Crippen LogP contribution in [0.4, 0.5) is 0 Å². The van der Waals surface area contributed by atoms with Crippen molar-refractivity contribution in [3.8, 4) is 0 Å². The van der Waals surface area contributed by atoms with E-state index in [9.17, 15) is 9.59 Å². The zero-order valence-electron chi connectivity index (χ0n) is 9.74. The van der Waals surface area contributed by atoms with Crippen LogP contribution in [0.3, 0.4) is 0 Å². The molecule has 5 heteroatoms. The highest BCUT2D eigenvalue weighted by molar-refractivity contribution is 5.91. The first-order valence-corrected chi connectivity index (χ1v) is 5.47. The number of aliphatic carboxylic acids is 1. The molecule has 0 aromatic heterocycles. The number of hydrogen-bond acceptors (Lipinski definition) is 4. The molecule has 1 aliphatic carbocycles. The minimum atomic E-state index is -0.967. The number of hydrogen-bond donors (Lipinski definition) is 2. The Morgan fingerprint density at radius 2 is 2.06 bits per heavy atom. The highest BCUT2D eigenvalue weighted by Gasteiger charge is 2.71. The van der Waals surface area contributed by atoms with E-state index in [1.165, 1.54) is 0 Å². The van der Waals surface area contributed by atoms with E-state index in [-0.39, 0.29) is 11.9 Å². The number of rotatable bonds is 2. The Labute approximate surface area is 94.2 Å². The van der Waals surface area contributed by atoms with Crippen LogP contribution in [0.2, 0.25) is 0 Å². The third-order valence-corrected chi connectivity index (χ3v) is 3.26. The Morgan fingerprint density at radius 1 is 1.44 bits per heavy atom. The molecule has 0 spiro atoms. The number of carboxylic acids is 1. The molecule has 1 saturated heterocycles. The van der Waals surface area contributed by atoms with Crippen molar-refractivity contribution in [2.45, 2.75) is 38.8 Å². The van der Waals surface area contributed by atoms with Crippen molar-refractivity contribution in [1.29, 1.82) is 0 Å². The van der Waals surface area contributed by atoms with Crippen LogP contribution in [0.15, 0.2) is 0 Å². The normalized spacial score (nSPS) is 36.7. The molecule has 0 radical (unpaired) electrons. The van der Waals surface area contributed by atoms with E-state index in [0.717, 1.165) is 0 Å². The standard InChI is InChI=1S/C11H17NO4/c1-10(2,3)16-9(15)11-4-6(11)5-12-7(11)8(13)14/h6-7,12H,4-5H2,1-3H3,(H,13,14)/t6-,7+,11+/m0/s1. The average molecular weight is 227 g/mol. The maximum atomic E-state index is 12.0. The minimum Gasteiger partial charge on any atom is -0.480 e. The molecule has 0 unspecified atom stereocenters. The van der Waals surface area contributed by atoms with Crippen molar-refractivity contribution in [3.63, 3.8) is 0 Å². The van der Waals surface area contributed by atoms with Gasteiger partial charge in [-0.05, 0) is 33.1 Å². The van der Waals surface area contributed by atoms with Crippen LogP contribution in [-0.4, -0.2) is 35.2 Å². The quantitative estimate of drug-likeness (QED) is 0.667.